The summed E-state index contributed by atoms with van der Waals surface area (Å²) in [6.45, 7) is 6.21. The van der Waals surface area contributed by atoms with Crippen LogP contribution in [0.15, 0.2) is 36.4 Å². The van der Waals surface area contributed by atoms with E-state index in [4.69, 9.17) is 23.2 Å². The van der Waals surface area contributed by atoms with Gasteiger partial charge in [0.1, 0.15) is 12.1 Å². The molecule has 0 radical (unpaired) electrons. The molecule has 212 valence electrons. The molecule has 4 atom stereocenters. The van der Waals surface area contributed by atoms with Gasteiger partial charge in [-0.3, -0.25) is 4.79 Å². The Labute approximate surface area is 240 Å². The normalized spacial score (nSPS) is 29.2. The number of aldehydes is 1. The van der Waals surface area contributed by atoms with Crippen LogP contribution in [0, 0.1) is 11.2 Å². The summed E-state index contributed by atoms with van der Waals surface area (Å²) in [6.07, 6.45) is 3.57. The zero-order valence-electron chi connectivity index (χ0n) is 22.9. The van der Waals surface area contributed by atoms with Crippen LogP contribution in [0.5, 0.6) is 0 Å². The molecule has 2 aliphatic rings. The topological polar surface area (TPSA) is 90.5 Å². The van der Waals surface area contributed by atoms with E-state index in [2.05, 4.69) is 36.7 Å². The number of carbonyl (C=O) groups is 2. The standard InChI is InChI=1S/C30H38Cl2FN3O3/c1-29(2,3)15-24-30(16-37,21-13-8-17(31)14-23(21)34-4)25(20-6-5-7-22(32)26(20)33)27(36-24)28(39)35-18-9-11-19(38)12-10-18/h5-8,13-14,16,18-19,24-25,27,34,36,38H,9-12,15H2,1-4H3,(H,35,39). The van der Waals surface area contributed by atoms with Gasteiger partial charge in [-0.05, 0) is 66.8 Å². The molecule has 6 nitrogen and oxygen atoms in total. The number of benzene rings is 2. The quantitative estimate of drug-likeness (QED) is 0.322. The van der Waals surface area contributed by atoms with E-state index in [9.17, 15) is 14.7 Å². The monoisotopic (exact) mass is 577 g/mol. The molecule has 1 heterocycles. The predicted molar refractivity (Wildman–Crippen MR) is 154 cm³/mol. The van der Waals surface area contributed by atoms with Crippen LogP contribution in [0.4, 0.5) is 10.1 Å². The van der Waals surface area contributed by atoms with Crippen molar-refractivity contribution >= 4 is 41.1 Å². The van der Waals surface area contributed by atoms with E-state index in [0.717, 1.165) is 6.29 Å². The van der Waals surface area contributed by atoms with Gasteiger partial charge in [0, 0.05) is 35.8 Å². The molecule has 2 fully saturated rings. The van der Waals surface area contributed by atoms with Crippen molar-refractivity contribution in [3.05, 3.63) is 63.4 Å². The zero-order chi connectivity index (χ0) is 28.5. The van der Waals surface area contributed by atoms with E-state index < -0.39 is 29.2 Å². The van der Waals surface area contributed by atoms with Crippen LogP contribution in [-0.4, -0.2) is 48.6 Å². The Morgan fingerprint density at radius 1 is 1.18 bits per heavy atom. The third-order valence-corrected chi connectivity index (χ3v) is 8.70. The maximum atomic E-state index is 15.8. The van der Waals surface area contributed by atoms with Crippen molar-refractivity contribution in [3.8, 4) is 0 Å². The summed E-state index contributed by atoms with van der Waals surface area (Å²) >= 11 is 12.6. The second-order valence-corrected chi connectivity index (χ2v) is 12.9. The summed E-state index contributed by atoms with van der Waals surface area (Å²) in [5.41, 5.74) is -0.0844. The maximum absolute atomic E-state index is 15.8. The van der Waals surface area contributed by atoms with E-state index >= 15 is 4.39 Å². The highest BCUT2D eigenvalue weighted by Crippen LogP contribution is 2.53. The molecule has 4 rings (SSSR count). The summed E-state index contributed by atoms with van der Waals surface area (Å²) in [4.78, 5) is 27.5. The van der Waals surface area contributed by atoms with Gasteiger partial charge in [0.25, 0.3) is 0 Å². The third-order valence-electron chi connectivity index (χ3n) is 8.18. The fourth-order valence-electron chi connectivity index (χ4n) is 6.39. The van der Waals surface area contributed by atoms with Gasteiger partial charge in [-0.15, -0.1) is 0 Å². The first-order valence-corrected chi connectivity index (χ1v) is 14.3. The molecular weight excluding hydrogens is 540 g/mol. The molecule has 1 aliphatic heterocycles. The molecule has 9 heteroatoms. The Morgan fingerprint density at radius 3 is 2.49 bits per heavy atom. The average molecular weight is 579 g/mol. The molecule has 4 N–H and O–H groups in total. The van der Waals surface area contributed by atoms with Crippen molar-refractivity contribution in [1.29, 1.82) is 0 Å². The van der Waals surface area contributed by atoms with Crippen molar-refractivity contribution in [1.82, 2.24) is 10.6 Å². The van der Waals surface area contributed by atoms with Crippen molar-refractivity contribution < 1.29 is 19.1 Å². The fourth-order valence-corrected chi connectivity index (χ4v) is 6.75. The second-order valence-electron chi connectivity index (χ2n) is 12.1. The number of carbonyl (C=O) groups excluding carboxylic acids is 2. The van der Waals surface area contributed by atoms with Gasteiger partial charge in [0.05, 0.1) is 22.6 Å². The van der Waals surface area contributed by atoms with Gasteiger partial charge < -0.3 is 25.9 Å². The van der Waals surface area contributed by atoms with E-state index in [-0.39, 0.29) is 34.1 Å². The molecule has 1 saturated heterocycles. The summed E-state index contributed by atoms with van der Waals surface area (Å²) in [6, 6.07) is 8.43. The number of aliphatic hydroxyl groups is 1. The molecule has 2 aromatic carbocycles. The number of hydrogen-bond donors (Lipinski definition) is 4. The highest BCUT2D eigenvalue weighted by Gasteiger charge is 2.60. The molecule has 39 heavy (non-hydrogen) atoms. The number of amides is 1. The van der Waals surface area contributed by atoms with E-state index in [1.54, 1.807) is 37.4 Å². The summed E-state index contributed by atoms with van der Waals surface area (Å²) in [5, 5.41) is 20.1. The minimum atomic E-state index is -1.33. The predicted octanol–water partition coefficient (Wildman–Crippen LogP) is 5.59. The minimum absolute atomic E-state index is 0.0723. The van der Waals surface area contributed by atoms with Crippen LogP contribution >= 0.6 is 23.2 Å². The SMILES string of the molecule is CNc1cc(Cl)ccc1C1(C=O)C(CC(C)(C)C)NC(C(=O)NC2CCC(O)CC2)C1c1cccc(Cl)c1F. The molecule has 1 saturated carbocycles. The van der Waals surface area contributed by atoms with Crippen molar-refractivity contribution in [3.63, 3.8) is 0 Å². The van der Waals surface area contributed by atoms with Gasteiger partial charge in [-0.25, -0.2) is 4.39 Å². The highest BCUT2D eigenvalue weighted by atomic mass is 35.5. The molecule has 2 aromatic rings. The first-order chi connectivity index (χ1) is 18.4. The lowest BCUT2D eigenvalue weighted by atomic mass is 9.62. The smallest absolute Gasteiger partial charge is 0.238 e. The minimum Gasteiger partial charge on any atom is -0.393 e. The Balaban J connectivity index is 1.92. The summed E-state index contributed by atoms with van der Waals surface area (Å²) in [5.74, 6) is -1.85. The van der Waals surface area contributed by atoms with Gasteiger partial charge in [-0.1, -0.05) is 62.2 Å². The summed E-state index contributed by atoms with van der Waals surface area (Å²) in [7, 11) is 1.74. The van der Waals surface area contributed by atoms with Crippen molar-refractivity contribution in [2.45, 2.75) is 88.4 Å². The van der Waals surface area contributed by atoms with Crippen molar-refractivity contribution in [2.24, 2.45) is 5.41 Å². The Bertz CT molecular complexity index is 1210. The van der Waals surface area contributed by atoms with Crippen LogP contribution in [0.2, 0.25) is 10.0 Å². The molecule has 1 amide bonds. The maximum Gasteiger partial charge on any atom is 0.238 e. The molecule has 4 unspecified atom stereocenters. The van der Waals surface area contributed by atoms with Gasteiger partial charge in [0.2, 0.25) is 5.91 Å². The average Bonchev–Trinajstić information content (AvgIpc) is 3.20. The Hall–Kier alpha value is -2.19. The number of halogens is 3. The van der Waals surface area contributed by atoms with E-state index in [0.29, 0.717) is 48.4 Å². The third kappa shape index (κ3) is 5.97. The van der Waals surface area contributed by atoms with Crippen LogP contribution < -0.4 is 16.0 Å². The molecule has 0 spiro atoms. The van der Waals surface area contributed by atoms with E-state index in [1.165, 1.54) is 6.07 Å². The number of nitrogens with one attached hydrogen (secondary N) is 3. The summed E-state index contributed by atoms with van der Waals surface area (Å²) < 4.78 is 15.8. The number of hydrogen-bond acceptors (Lipinski definition) is 5. The number of anilines is 1. The first-order valence-electron chi connectivity index (χ1n) is 13.5. The van der Waals surface area contributed by atoms with Crippen LogP contribution in [0.25, 0.3) is 0 Å². The molecule has 1 aliphatic carbocycles. The molecule has 0 aromatic heterocycles. The molecular formula is C30H38Cl2FN3O3. The lowest BCUT2D eigenvalue weighted by Crippen LogP contribution is -2.49. The molecule has 0 bridgehead atoms. The van der Waals surface area contributed by atoms with Crippen LogP contribution in [0.3, 0.4) is 0 Å². The van der Waals surface area contributed by atoms with Gasteiger partial charge in [-0.2, -0.15) is 0 Å². The lowest BCUT2D eigenvalue weighted by Gasteiger charge is -2.39. The van der Waals surface area contributed by atoms with Gasteiger partial charge >= 0.3 is 0 Å². The van der Waals surface area contributed by atoms with Gasteiger partial charge in [0.15, 0.2) is 0 Å². The van der Waals surface area contributed by atoms with Crippen molar-refractivity contribution in [2.75, 3.05) is 12.4 Å². The zero-order valence-corrected chi connectivity index (χ0v) is 24.4. The highest BCUT2D eigenvalue weighted by molar-refractivity contribution is 6.31. The number of aliphatic hydroxyl groups excluding tert-OH is 1. The largest absolute Gasteiger partial charge is 0.393 e. The number of rotatable bonds is 7. The fraction of sp³-hybridized carbons (Fsp3) is 0.533. The van der Waals surface area contributed by atoms with E-state index in [1.807, 2.05) is 0 Å². The Morgan fingerprint density at radius 2 is 1.87 bits per heavy atom. The second kappa shape index (κ2) is 11.7. The first kappa shape index (κ1) is 29.8. The Kier molecular flexibility index (Phi) is 8.96. The van der Waals surface area contributed by atoms with Crippen LogP contribution in [-0.2, 0) is 15.0 Å². The lowest BCUT2D eigenvalue weighted by molar-refractivity contribution is -0.124. The van der Waals surface area contributed by atoms with Crippen LogP contribution in [0.1, 0.15) is 69.9 Å².